The molecule has 0 saturated heterocycles. The highest BCUT2D eigenvalue weighted by Crippen LogP contribution is 2.27. The van der Waals surface area contributed by atoms with E-state index in [0.717, 1.165) is 27.0 Å². The quantitative estimate of drug-likeness (QED) is 0.489. The molecule has 0 aliphatic rings. The number of nitrogens with zero attached hydrogens (tertiary/aromatic N) is 2. The van der Waals surface area contributed by atoms with Gasteiger partial charge in [-0.3, -0.25) is 0 Å². The first-order valence-corrected chi connectivity index (χ1v) is 9.01. The van der Waals surface area contributed by atoms with Crippen LogP contribution in [0.1, 0.15) is 17.2 Å². The summed E-state index contributed by atoms with van der Waals surface area (Å²) in [5.41, 5.74) is 2.94. The van der Waals surface area contributed by atoms with Crippen molar-refractivity contribution >= 4 is 21.6 Å². The molecule has 4 nitrogen and oxygen atoms in total. The minimum absolute atomic E-state index is 0.130. The maximum Gasteiger partial charge on any atom is 0.118 e. The van der Waals surface area contributed by atoms with Crippen molar-refractivity contribution in [2.45, 2.75) is 12.5 Å². The fourth-order valence-corrected chi connectivity index (χ4v) is 2.82. The third-order valence-electron chi connectivity index (χ3n) is 4.01. The number of aromatic hydroxyl groups is 1. The van der Waals surface area contributed by atoms with Gasteiger partial charge in [-0.25, -0.2) is 0 Å². The molecular weight excluding hydrogens is 392 g/mol. The summed E-state index contributed by atoms with van der Waals surface area (Å²) in [7, 11) is 1.65. The molecule has 1 atom stereocenters. The number of ether oxygens (including phenoxy) is 1. The summed E-state index contributed by atoms with van der Waals surface area (Å²) in [6.07, 6.45) is 0.687. The van der Waals surface area contributed by atoms with Crippen LogP contribution in [0.3, 0.4) is 0 Å². The summed E-state index contributed by atoms with van der Waals surface area (Å²) >= 11 is 3.42. The molecule has 3 aromatic rings. The van der Waals surface area contributed by atoms with Crippen LogP contribution < -0.4 is 4.74 Å². The molecule has 0 spiro atoms. The van der Waals surface area contributed by atoms with Crippen molar-refractivity contribution in [2.24, 2.45) is 10.2 Å². The minimum atomic E-state index is -0.130. The van der Waals surface area contributed by atoms with Crippen LogP contribution in [0.15, 0.2) is 87.5 Å². The fourth-order valence-electron chi connectivity index (χ4n) is 2.55. The summed E-state index contributed by atoms with van der Waals surface area (Å²) in [5, 5.41) is 18.5. The first-order chi connectivity index (χ1) is 12.6. The summed E-state index contributed by atoms with van der Waals surface area (Å²) in [6, 6.07) is 22.6. The van der Waals surface area contributed by atoms with Gasteiger partial charge in [0.05, 0.1) is 12.8 Å². The molecule has 0 radical (unpaired) electrons. The van der Waals surface area contributed by atoms with Crippen LogP contribution in [-0.4, -0.2) is 12.2 Å². The van der Waals surface area contributed by atoms with Gasteiger partial charge < -0.3 is 9.84 Å². The van der Waals surface area contributed by atoms with E-state index in [-0.39, 0.29) is 11.8 Å². The Balaban J connectivity index is 1.86. The molecule has 0 aliphatic carbocycles. The lowest BCUT2D eigenvalue weighted by Crippen LogP contribution is -2.00. The Morgan fingerprint density at radius 3 is 2.19 bits per heavy atom. The zero-order valence-corrected chi connectivity index (χ0v) is 15.9. The average Bonchev–Trinajstić information content (AvgIpc) is 2.68. The topological polar surface area (TPSA) is 54.2 Å². The second kappa shape index (κ2) is 8.63. The van der Waals surface area contributed by atoms with E-state index in [1.807, 2.05) is 60.7 Å². The Hall–Kier alpha value is -2.66. The van der Waals surface area contributed by atoms with E-state index in [2.05, 4.69) is 26.2 Å². The van der Waals surface area contributed by atoms with Crippen LogP contribution in [0.25, 0.3) is 0 Å². The van der Waals surface area contributed by atoms with Gasteiger partial charge in [-0.05, 0) is 59.7 Å². The molecular formula is C21H19BrN2O2. The Morgan fingerprint density at radius 2 is 1.58 bits per heavy atom. The summed E-state index contributed by atoms with van der Waals surface area (Å²) in [5.74, 6) is 1.06. The highest BCUT2D eigenvalue weighted by molar-refractivity contribution is 9.10. The molecule has 0 saturated carbocycles. The van der Waals surface area contributed by atoms with Crippen molar-refractivity contribution in [3.8, 4) is 11.5 Å². The molecule has 0 heterocycles. The van der Waals surface area contributed by atoms with E-state index in [9.17, 15) is 5.11 Å². The predicted octanol–water partition coefficient (Wildman–Crippen LogP) is 6.23. The van der Waals surface area contributed by atoms with Gasteiger partial charge >= 0.3 is 0 Å². The standard InChI is InChI=1S/C21H19BrN2O2/c1-26-20-12-4-16(5-13-20)21(14-15-2-10-19(25)11-3-15)24-23-18-8-6-17(22)7-9-18/h2-13,21,25H,14H2,1H3. The van der Waals surface area contributed by atoms with Gasteiger partial charge in [-0.2, -0.15) is 10.2 Å². The number of rotatable bonds is 6. The Labute approximate surface area is 161 Å². The van der Waals surface area contributed by atoms with Gasteiger partial charge in [-0.1, -0.05) is 40.2 Å². The number of hydrogen-bond donors (Lipinski definition) is 1. The molecule has 0 amide bonds. The summed E-state index contributed by atoms with van der Waals surface area (Å²) < 4.78 is 6.24. The van der Waals surface area contributed by atoms with Gasteiger partial charge in [0.2, 0.25) is 0 Å². The van der Waals surface area contributed by atoms with E-state index in [1.165, 1.54) is 0 Å². The van der Waals surface area contributed by atoms with Crippen molar-refractivity contribution in [3.63, 3.8) is 0 Å². The van der Waals surface area contributed by atoms with Crippen LogP contribution >= 0.6 is 15.9 Å². The van der Waals surface area contributed by atoms with Crippen LogP contribution in [0.4, 0.5) is 5.69 Å². The van der Waals surface area contributed by atoms with Crippen LogP contribution in [-0.2, 0) is 6.42 Å². The van der Waals surface area contributed by atoms with Gasteiger partial charge in [0.15, 0.2) is 0 Å². The van der Waals surface area contributed by atoms with Crippen LogP contribution in [0.5, 0.6) is 11.5 Å². The number of azo groups is 1. The number of benzene rings is 3. The maximum absolute atomic E-state index is 9.48. The normalized spacial score (nSPS) is 12.2. The molecule has 0 aromatic heterocycles. The van der Waals surface area contributed by atoms with Crippen LogP contribution in [0.2, 0.25) is 0 Å². The third kappa shape index (κ3) is 4.92. The van der Waals surface area contributed by atoms with E-state index < -0.39 is 0 Å². The van der Waals surface area contributed by atoms with Gasteiger partial charge in [0.1, 0.15) is 17.5 Å². The van der Waals surface area contributed by atoms with Crippen molar-refractivity contribution in [2.75, 3.05) is 7.11 Å². The monoisotopic (exact) mass is 410 g/mol. The first-order valence-electron chi connectivity index (χ1n) is 8.22. The summed E-state index contributed by atoms with van der Waals surface area (Å²) in [4.78, 5) is 0. The van der Waals surface area contributed by atoms with Gasteiger partial charge in [-0.15, -0.1) is 0 Å². The molecule has 1 N–H and O–H groups in total. The van der Waals surface area contributed by atoms with E-state index in [1.54, 1.807) is 19.2 Å². The number of halogens is 1. The van der Waals surface area contributed by atoms with Crippen molar-refractivity contribution in [3.05, 3.63) is 88.4 Å². The van der Waals surface area contributed by atoms with Crippen molar-refractivity contribution < 1.29 is 9.84 Å². The Bertz CT molecular complexity index is 860. The lowest BCUT2D eigenvalue weighted by molar-refractivity contribution is 0.414. The van der Waals surface area contributed by atoms with Gasteiger partial charge in [0, 0.05) is 10.9 Å². The third-order valence-corrected chi connectivity index (χ3v) is 4.53. The number of phenolic OH excluding ortho intramolecular Hbond substituents is 1. The molecule has 1 unspecified atom stereocenters. The van der Waals surface area contributed by atoms with E-state index in [0.29, 0.717) is 6.42 Å². The predicted molar refractivity (Wildman–Crippen MR) is 106 cm³/mol. The van der Waals surface area contributed by atoms with E-state index in [4.69, 9.17) is 4.74 Å². The zero-order chi connectivity index (χ0) is 18.4. The van der Waals surface area contributed by atoms with Crippen LogP contribution in [0, 0.1) is 0 Å². The van der Waals surface area contributed by atoms with E-state index >= 15 is 0 Å². The number of methoxy groups -OCH3 is 1. The average molecular weight is 411 g/mol. The molecule has 3 aromatic carbocycles. The fraction of sp³-hybridized carbons (Fsp3) is 0.143. The molecule has 5 heteroatoms. The van der Waals surface area contributed by atoms with Crippen molar-refractivity contribution in [1.29, 1.82) is 0 Å². The molecule has 0 bridgehead atoms. The highest BCUT2D eigenvalue weighted by Gasteiger charge is 2.12. The Morgan fingerprint density at radius 1 is 0.923 bits per heavy atom. The SMILES string of the molecule is COc1ccc(C(Cc2ccc(O)cc2)N=Nc2ccc(Br)cc2)cc1. The molecule has 3 rings (SSSR count). The number of hydrogen-bond acceptors (Lipinski definition) is 4. The second-order valence-electron chi connectivity index (χ2n) is 5.85. The largest absolute Gasteiger partial charge is 0.508 e. The zero-order valence-electron chi connectivity index (χ0n) is 14.3. The molecule has 0 aliphatic heterocycles. The maximum atomic E-state index is 9.48. The Kier molecular flexibility index (Phi) is 6.02. The first kappa shape index (κ1) is 18.1. The highest BCUT2D eigenvalue weighted by atomic mass is 79.9. The number of phenols is 1. The minimum Gasteiger partial charge on any atom is -0.508 e. The lowest BCUT2D eigenvalue weighted by atomic mass is 9.99. The summed E-state index contributed by atoms with van der Waals surface area (Å²) in [6.45, 7) is 0. The second-order valence-corrected chi connectivity index (χ2v) is 6.77. The smallest absolute Gasteiger partial charge is 0.118 e. The van der Waals surface area contributed by atoms with Gasteiger partial charge in [0.25, 0.3) is 0 Å². The van der Waals surface area contributed by atoms with Crippen molar-refractivity contribution in [1.82, 2.24) is 0 Å². The lowest BCUT2D eigenvalue weighted by Gasteiger charge is -2.13. The molecule has 132 valence electrons. The molecule has 26 heavy (non-hydrogen) atoms. The molecule has 0 fully saturated rings.